The minimum atomic E-state index is 0. The molecule has 5 rings (SSSR count). The van der Waals surface area contributed by atoms with Crippen molar-refractivity contribution in [2.45, 2.75) is 48.1 Å². The van der Waals surface area contributed by atoms with Crippen LogP contribution < -0.4 is 5.32 Å². The van der Waals surface area contributed by atoms with Crippen molar-refractivity contribution in [3.8, 4) is 11.1 Å². The Bertz CT molecular complexity index is 1420. The summed E-state index contributed by atoms with van der Waals surface area (Å²) in [5.74, 6) is 0. The number of rotatable bonds is 3. The summed E-state index contributed by atoms with van der Waals surface area (Å²) in [6.07, 6.45) is 0. The van der Waals surface area contributed by atoms with E-state index in [9.17, 15) is 0 Å². The molecule has 0 spiro atoms. The molecule has 1 aliphatic rings. The SMILES string of the molecule is Cc1[c-]c(C)cc(Nc2ccc3c(c2)-c2cc(C)c(C)cc2C(c2c(C)cccc2C)=NC3)c1.[Rh]. The van der Waals surface area contributed by atoms with Crippen LogP contribution in [0.4, 0.5) is 11.4 Å². The molecular formula is C32H31N2Rh-. The van der Waals surface area contributed by atoms with E-state index in [4.69, 9.17) is 4.99 Å². The van der Waals surface area contributed by atoms with Gasteiger partial charge in [-0.25, -0.2) is 0 Å². The second-order valence-electron chi connectivity index (χ2n) is 9.65. The third kappa shape index (κ3) is 4.88. The number of nitrogens with one attached hydrogen (secondary N) is 1. The zero-order valence-corrected chi connectivity index (χ0v) is 22.9. The van der Waals surface area contributed by atoms with Crippen LogP contribution in [0.25, 0.3) is 11.1 Å². The van der Waals surface area contributed by atoms with Gasteiger partial charge in [-0.3, -0.25) is 4.99 Å². The van der Waals surface area contributed by atoms with E-state index in [0.29, 0.717) is 6.54 Å². The Kier molecular flexibility index (Phi) is 7.11. The van der Waals surface area contributed by atoms with Gasteiger partial charge in [-0.2, -0.15) is 17.2 Å². The molecule has 1 heterocycles. The maximum Gasteiger partial charge on any atom is 0.0734 e. The van der Waals surface area contributed by atoms with Gasteiger partial charge in [-0.15, -0.1) is 12.1 Å². The van der Waals surface area contributed by atoms with Crippen LogP contribution in [0.1, 0.15) is 50.1 Å². The molecule has 1 N–H and O–H groups in total. The number of nitrogens with zero attached hydrogens (tertiary/aromatic N) is 1. The van der Waals surface area contributed by atoms with Gasteiger partial charge in [0.15, 0.2) is 0 Å². The average molecular weight is 547 g/mol. The quantitative estimate of drug-likeness (QED) is 0.204. The fourth-order valence-corrected chi connectivity index (χ4v) is 5.06. The minimum Gasteiger partial charge on any atom is -0.378 e. The van der Waals surface area contributed by atoms with Crippen molar-refractivity contribution >= 4 is 17.1 Å². The van der Waals surface area contributed by atoms with Crippen LogP contribution in [0.5, 0.6) is 0 Å². The largest absolute Gasteiger partial charge is 0.378 e. The monoisotopic (exact) mass is 546 g/mol. The number of fused-ring (bicyclic) bond motifs is 3. The van der Waals surface area contributed by atoms with E-state index in [1.807, 2.05) is 0 Å². The predicted molar refractivity (Wildman–Crippen MR) is 145 cm³/mol. The number of aliphatic imine (C=N–C) groups is 1. The molecule has 0 bridgehead atoms. The van der Waals surface area contributed by atoms with E-state index < -0.39 is 0 Å². The Balaban J connectivity index is 0.00000289. The summed E-state index contributed by atoms with van der Waals surface area (Å²) in [5, 5.41) is 3.62. The number of aryl methyl sites for hydroxylation is 6. The Hall–Kier alpha value is -3.03. The summed E-state index contributed by atoms with van der Waals surface area (Å²) in [6, 6.07) is 25.5. The predicted octanol–water partition coefficient (Wildman–Crippen LogP) is 8.10. The van der Waals surface area contributed by atoms with E-state index in [0.717, 1.165) is 28.2 Å². The molecule has 179 valence electrons. The number of anilines is 2. The summed E-state index contributed by atoms with van der Waals surface area (Å²) in [6.45, 7) is 13.6. The molecule has 3 heteroatoms. The summed E-state index contributed by atoms with van der Waals surface area (Å²) < 4.78 is 0. The number of hydrogen-bond donors (Lipinski definition) is 1. The molecule has 0 saturated carbocycles. The Morgan fingerprint density at radius 3 is 1.94 bits per heavy atom. The van der Waals surface area contributed by atoms with Gasteiger partial charge in [0.1, 0.15) is 0 Å². The first-order chi connectivity index (χ1) is 16.3. The topological polar surface area (TPSA) is 24.4 Å². The molecule has 0 aromatic heterocycles. The van der Waals surface area contributed by atoms with E-state index >= 15 is 0 Å². The molecule has 35 heavy (non-hydrogen) atoms. The Morgan fingerprint density at radius 1 is 0.657 bits per heavy atom. The van der Waals surface area contributed by atoms with Crippen LogP contribution in [0.2, 0.25) is 0 Å². The third-order valence-electron chi connectivity index (χ3n) is 6.84. The first kappa shape index (κ1) is 25.1. The van der Waals surface area contributed by atoms with Gasteiger partial charge in [-0.05, 0) is 84.8 Å². The molecule has 0 saturated heterocycles. The van der Waals surface area contributed by atoms with Gasteiger partial charge in [0, 0.05) is 36.3 Å². The van der Waals surface area contributed by atoms with Crippen molar-refractivity contribution in [3.05, 3.63) is 117 Å². The van der Waals surface area contributed by atoms with Crippen LogP contribution in [-0.2, 0) is 26.0 Å². The molecule has 4 aromatic carbocycles. The van der Waals surface area contributed by atoms with Gasteiger partial charge in [-0.1, -0.05) is 49.9 Å². The van der Waals surface area contributed by atoms with E-state index in [1.54, 1.807) is 0 Å². The van der Waals surface area contributed by atoms with Crippen molar-refractivity contribution < 1.29 is 19.5 Å². The van der Waals surface area contributed by atoms with Crippen molar-refractivity contribution in [2.24, 2.45) is 4.99 Å². The molecule has 0 atom stereocenters. The fraction of sp³-hybridized carbons (Fsp3) is 0.219. The molecule has 2 nitrogen and oxygen atoms in total. The van der Waals surface area contributed by atoms with Crippen LogP contribution in [-0.4, -0.2) is 5.71 Å². The van der Waals surface area contributed by atoms with Crippen LogP contribution in [0.3, 0.4) is 0 Å². The summed E-state index contributed by atoms with van der Waals surface area (Å²) >= 11 is 0. The fourth-order valence-electron chi connectivity index (χ4n) is 5.06. The maximum absolute atomic E-state index is 5.20. The van der Waals surface area contributed by atoms with Gasteiger partial charge in [0.05, 0.1) is 12.3 Å². The minimum absolute atomic E-state index is 0. The summed E-state index contributed by atoms with van der Waals surface area (Å²) in [4.78, 5) is 5.20. The number of benzene rings is 4. The van der Waals surface area contributed by atoms with Gasteiger partial charge in [0.25, 0.3) is 0 Å². The van der Waals surface area contributed by atoms with E-state index in [1.165, 1.54) is 50.1 Å². The molecule has 0 fully saturated rings. The van der Waals surface area contributed by atoms with Crippen molar-refractivity contribution in [1.82, 2.24) is 0 Å². The molecule has 1 aliphatic heterocycles. The van der Waals surface area contributed by atoms with E-state index in [-0.39, 0.29) is 19.5 Å². The van der Waals surface area contributed by atoms with E-state index in [2.05, 4.69) is 114 Å². The van der Waals surface area contributed by atoms with Crippen LogP contribution in [0.15, 0.2) is 65.7 Å². The molecule has 1 radical (unpaired) electrons. The van der Waals surface area contributed by atoms with Gasteiger partial charge >= 0.3 is 0 Å². The second kappa shape index (κ2) is 9.92. The first-order valence-corrected chi connectivity index (χ1v) is 11.9. The molecule has 0 aliphatic carbocycles. The third-order valence-corrected chi connectivity index (χ3v) is 6.84. The zero-order chi connectivity index (χ0) is 24.0. The second-order valence-corrected chi connectivity index (χ2v) is 9.65. The number of hydrogen-bond acceptors (Lipinski definition) is 2. The first-order valence-electron chi connectivity index (χ1n) is 11.9. The van der Waals surface area contributed by atoms with Crippen molar-refractivity contribution in [3.63, 3.8) is 0 Å². The molecule has 4 aromatic rings. The molecular weight excluding hydrogens is 515 g/mol. The van der Waals surface area contributed by atoms with Crippen LogP contribution in [0, 0.1) is 47.6 Å². The maximum atomic E-state index is 5.20. The standard InChI is InChI=1S/C32H31N2.Rh/c1-19-12-20(2)14-27(13-19)34-26-11-10-25-18-33-32(31-21(3)8-7-9-22(31)4)30-16-24(6)23(5)15-29(30)28(25)17-26;/h7-11,13-17,34H,18H2,1-6H3;/q-1;. The van der Waals surface area contributed by atoms with Gasteiger partial charge in [0.2, 0.25) is 0 Å². The Morgan fingerprint density at radius 2 is 1.29 bits per heavy atom. The summed E-state index contributed by atoms with van der Waals surface area (Å²) in [5.41, 5.74) is 16.9. The molecule has 0 unspecified atom stereocenters. The normalized spacial score (nSPS) is 12.1. The van der Waals surface area contributed by atoms with Crippen LogP contribution >= 0.6 is 0 Å². The Labute approximate surface area is 222 Å². The van der Waals surface area contributed by atoms with Crippen molar-refractivity contribution in [1.29, 1.82) is 0 Å². The average Bonchev–Trinajstić information content (AvgIpc) is 2.91. The molecule has 0 amide bonds. The smallest absolute Gasteiger partial charge is 0.0734 e. The zero-order valence-electron chi connectivity index (χ0n) is 21.3. The summed E-state index contributed by atoms with van der Waals surface area (Å²) in [7, 11) is 0. The van der Waals surface area contributed by atoms with Crippen molar-refractivity contribution in [2.75, 3.05) is 5.32 Å². The van der Waals surface area contributed by atoms with Gasteiger partial charge < -0.3 is 5.32 Å².